The molecule has 2 aliphatic carbocycles. The summed E-state index contributed by atoms with van der Waals surface area (Å²) in [5.74, 6) is -0.0478. The Morgan fingerprint density at radius 1 is 1.42 bits per heavy atom. The summed E-state index contributed by atoms with van der Waals surface area (Å²) in [6, 6.07) is 0. The summed E-state index contributed by atoms with van der Waals surface area (Å²) in [7, 11) is 0. The average molecular weight is 263 g/mol. The Kier molecular flexibility index (Phi) is 4.59. The van der Waals surface area contributed by atoms with Gasteiger partial charge in [-0.05, 0) is 46.0 Å². The van der Waals surface area contributed by atoms with Crippen molar-refractivity contribution >= 4 is 5.91 Å². The predicted octanol–water partition coefficient (Wildman–Crippen LogP) is 3.69. The van der Waals surface area contributed by atoms with Crippen LogP contribution in [0.15, 0.2) is 36.0 Å². The zero-order valence-corrected chi connectivity index (χ0v) is 11.8. The van der Waals surface area contributed by atoms with Crippen molar-refractivity contribution in [1.82, 2.24) is 5.48 Å². The molecule has 0 aromatic rings. The van der Waals surface area contributed by atoms with Gasteiger partial charge >= 0.3 is 0 Å². The smallest absolute Gasteiger partial charge is 0.253 e. The van der Waals surface area contributed by atoms with Crippen LogP contribution in [-0.4, -0.2) is 12.0 Å². The van der Waals surface area contributed by atoms with Crippen LogP contribution in [0.3, 0.4) is 0 Å². The molecular weight excluding hydrogens is 238 g/mol. The molecule has 0 aliphatic heterocycles. The largest absolute Gasteiger partial charge is 0.272 e. The molecule has 0 radical (unpaired) electrons. The van der Waals surface area contributed by atoms with Crippen molar-refractivity contribution in [3.8, 4) is 0 Å². The Balaban J connectivity index is 0.00000200. The van der Waals surface area contributed by atoms with Crippen LogP contribution in [0, 0.1) is 5.41 Å². The zero-order valence-electron chi connectivity index (χ0n) is 11.8. The fraction of sp³-hybridized carbons (Fsp3) is 0.562. The van der Waals surface area contributed by atoms with E-state index < -0.39 is 5.41 Å². The molecular formula is C16H25NO2. The third kappa shape index (κ3) is 3.80. The van der Waals surface area contributed by atoms with Crippen molar-refractivity contribution < 1.29 is 11.1 Å². The van der Waals surface area contributed by atoms with Crippen molar-refractivity contribution in [1.29, 1.82) is 0 Å². The first kappa shape index (κ1) is 14.1. The van der Waals surface area contributed by atoms with Crippen LogP contribution < -0.4 is 5.48 Å². The average Bonchev–Trinajstić information content (AvgIpc) is 2.64. The Labute approximate surface area is 116 Å². The van der Waals surface area contributed by atoms with Crippen LogP contribution >= 0.6 is 0 Å². The van der Waals surface area contributed by atoms with Crippen LogP contribution in [0.25, 0.3) is 0 Å². The van der Waals surface area contributed by atoms with Gasteiger partial charge in [-0.2, -0.15) is 0 Å². The van der Waals surface area contributed by atoms with E-state index in [4.69, 9.17) is 4.84 Å². The Bertz CT molecular complexity index is 418. The van der Waals surface area contributed by atoms with E-state index in [0.717, 1.165) is 32.1 Å². The maximum absolute atomic E-state index is 12.3. The molecule has 2 rings (SSSR count). The molecule has 0 saturated carbocycles. The van der Waals surface area contributed by atoms with Crippen LogP contribution in [-0.2, 0) is 9.63 Å². The maximum Gasteiger partial charge on any atom is 0.253 e. The fourth-order valence-electron chi connectivity index (χ4n) is 2.59. The second-order valence-corrected chi connectivity index (χ2v) is 5.76. The van der Waals surface area contributed by atoms with Crippen molar-refractivity contribution in [2.45, 2.75) is 52.1 Å². The first-order valence-corrected chi connectivity index (χ1v) is 7.06. The summed E-state index contributed by atoms with van der Waals surface area (Å²) < 4.78 is 0. The molecule has 0 heterocycles. The standard InChI is InChI=1S/C16H23NO2.H2/c1-13-8-7-11-16(2,12-13)15(18)17-19-14-9-5-3-4-6-10-14;/h3-4,7-8,11,14H,5-6,9-10,12H2,1-2H3,(H,17,18);1H. The topological polar surface area (TPSA) is 38.3 Å². The Morgan fingerprint density at radius 2 is 2.11 bits per heavy atom. The number of nitrogens with one attached hydrogen (secondary N) is 1. The highest BCUT2D eigenvalue weighted by Gasteiger charge is 2.32. The van der Waals surface area contributed by atoms with E-state index >= 15 is 0 Å². The van der Waals surface area contributed by atoms with Crippen LogP contribution in [0.1, 0.15) is 47.4 Å². The predicted molar refractivity (Wildman–Crippen MR) is 78.4 cm³/mol. The minimum Gasteiger partial charge on any atom is -0.272 e. The van der Waals surface area contributed by atoms with E-state index in [2.05, 4.69) is 17.6 Å². The van der Waals surface area contributed by atoms with Gasteiger partial charge in [-0.15, -0.1) is 0 Å². The molecule has 1 unspecified atom stereocenters. The number of hydroxylamine groups is 1. The number of allylic oxidation sites excluding steroid dienone is 5. The summed E-state index contributed by atoms with van der Waals surface area (Å²) in [5, 5.41) is 0. The van der Waals surface area contributed by atoms with Gasteiger partial charge in [0.25, 0.3) is 5.91 Å². The summed E-state index contributed by atoms with van der Waals surface area (Å²) in [5.41, 5.74) is 3.40. The first-order valence-electron chi connectivity index (χ1n) is 7.06. The number of rotatable bonds is 3. The monoisotopic (exact) mass is 263 g/mol. The van der Waals surface area contributed by atoms with Gasteiger partial charge in [0.05, 0.1) is 11.5 Å². The lowest BCUT2D eigenvalue weighted by atomic mass is 9.80. The number of carbonyl (C=O) groups is 1. The molecule has 1 amide bonds. The van der Waals surface area contributed by atoms with Gasteiger partial charge in [-0.3, -0.25) is 9.63 Å². The van der Waals surface area contributed by atoms with Gasteiger partial charge in [0, 0.05) is 1.43 Å². The van der Waals surface area contributed by atoms with Gasteiger partial charge in [-0.25, -0.2) is 5.48 Å². The number of amides is 1. The molecule has 0 aromatic heterocycles. The van der Waals surface area contributed by atoms with Crippen LogP contribution in [0.2, 0.25) is 0 Å². The van der Waals surface area contributed by atoms with E-state index in [-0.39, 0.29) is 13.4 Å². The van der Waals surface area contributed by atoms with Crippen LogP contribution in [0.5, 0.6) is 0 Å². The number of carbonyl (C=O) groups excluding carboxylic acids is 1. The summed E-state index contributed by atoms with van der Waals surface area (Å²) in [4.78, 5) is 17.8. The van der Waals surface area contributed by atoms with Gasteiger partial charge in [0.2, 0.25) is 0 Å². The lowest BCUT2D eigenvalue weighted by Gasteiger charge is -2.28. The third-order valence-electron chi connectivity index (χ3n) is 3.81. The highest BCUT2D eigenvalue weighted by atomic mass is 16.7. The van der Waals surface area contributed by atoms with E-state index in [1.165, 1.54) is 5.57 Å². The molecule has 0 aromatic carbocycles. The van der Waals surface area contributed by atoms with E-state index in [0.29, 0.717) is 0 Å². The van der Waals surface area contributed by atoms with Crippen molar-refractivity contribution in [2.24, 2.45) is 5.41 Å². The zero-order chi connectivity index (χ0) is 13.7. The molecule has 0 bridgehead atoms. The lowest BCUT2D eigenvalue weighted by Crippen LogP contribution is -2.40. The number of hydrogen-bond acceptors (Lipinski definition) is 2. The molecule has 3 heteroatoms. The molecule has 0 spiro atoms. The highest BCUT2D eigenvalue weighted by molar-refractivity contribution is 5.84. The minimum atomic E-state index is -0.484. The van der Waals surface area contributed by atoms with E-state index in [1.807, 2.05) is 32.1 Å². The molecule has 1 atom stereocenters. The van der Waals surface area contributed by atoms with Gasteiger partial charge in [0.1, 0.15) is 0 Å². The summed E-state index contributed by atoms with van der Waals surface area (Å²) >= 11 is 0. The third-order valence-corrected chi connectivity index (χ3v) is 3.81. The lowest BCUT2D eigenvalue weighted by molar-refractivity contribution is -0.146. The first-order chi connectivity index (χ1) is 9.10. The fourth-order valence-corrected chi connectivity index (χ4v) is 2.59. The van der Waals surface area contributed by atoms with E-state index in [9.17, 15) is 4.79 Å². The Hall–Kier alpha value is -1.35. The normalized spacial score (nSPS) is 27.8. The molecule has 2 aliphatic rings. The van der Waals surface area contributed by atoms with Gasteiger partial charge in [0.15, 0.2) is 0 Å². The molecule has 0 saturated heterocycles. The van der Waals surface area contributed by atoms with Crippen molar-refractivity contribution in [3.63, 3.8) is 0 Å². The molecule has 1 N–H and O–H groups in total. The Morgan fingerprint density at radius 3 is 2.74 bits per heavy atom. The molecule has 106 valence electrons. The van der Waals surface area contributed by atoms with Crippen molar-refractivity contribution in [2.75, 3.05) is 0 Å². The van der Waals surface area contributed by atoms with Gasteiger partial charge in [-0.1, -0.05) is 36.0 Å². The maximum atomic E-state index is 12.3. The highest BCUT2D eigenvalue weighted by Crippen LogP contribution is 2.31. The summed E-state index contributed by atoms with van der Waals surface area (Å²) in [6.45, 7) is 4.00. The quantitative estimate of drug-likeness (QED) is 0.623. The summed E-state index contributed by atoms with van der Waals surface area (Å²) in [6.07, 6.45) is 15.2. The SMILES string of the molecule is CC1=CC=CC(C)(C(=O)NOC2CCC=CCC2)C1.[HH]. The molecule has 0 fully saturated rings. The van der Waals surface area contributed by atoms with Gasteiger partial charge < -0.3 is 0 Å². The van der Waals surface area contributed by atoms with Crippen LogP contribution in [0.4, 0.5) is 0 Å². The second-order valence-electron chi connectivity index (χ2n) is 5.76. The van der Waals surface area contributed by atoms with E-state index in [1.54, 1.807) is 0 Å². The molecule has 19 heavy (non-hydrogen) atoms. The number of hydrogen-bond donors (Lipinski definition) is 1. The molecule has 3 nitrogen and oxygen atoms in total. The van der Waals surface area contributed by atoms with Crippen molar-refractivity contribution in [3.05, 3.63) is 36.0 Å². The minimum absolute atomic E-state index is 0. The second kappa shape index (κ2) is 6.20.